The zero-order chi connectivity index (χ0) is 18.7. The highest BCUT2D eigenvalue weighted by atomic mass is 19.1. The van der Waals surface area contributed by atoms with Crippen LogP contribution in [0.15, 0.2) is 48.5 Å². The van der Waals surface area contributed by atoms with Crippen molar-refractivity contribution in [3.8, 4) is 11.5 Å². The standard InChI is InChI=1S/C21H24FNO3/c1-4-18(25-15-11-9-14(22)10-12-15)20(24)23-17-13-21(2,3)26-19-8-6-5-7-16(17)19/h5-12,17-18H,4,13H2,1-3H3,(H,23,24)/t17-,18+/m1/s1. The van der Waals surface area contributed by atoms with Crippen molar-refractivity contribution in [3.63, 3.8) is 0 Å². The van der Waals surface area contributed by atoms with Crippen LogP contribution < -0.4 is 14.8 Å². The molecule has 0 aliphatic carbocycles. The molecule has 2 aromatic carbocycles. The Kier molecular flexibility index (Phi) is 5.16. The summed E-state index contributed by atoms with van der Waals surface area (Å²) in [7, 11) is 0. The number of amides is 1. The molecule has 0 saturated carbocycles. The minimum Gasteiger partial charge on any atom is -0.487 e. The summed E-state index contributed by atoms with van der Waals surface area (Å²) >= 11 is 0. The average molecular weight is 357 g/mol. The first kappa shape index (κ1) is 18.2. The first-order valence-corrected chi connectivity index (χ1v) is 8.88. The minimum atomic E-state index is -0.640. The fourth-order valence-electron chi connectivity index (χ4n) is 3.20. The SMILES string of the molecule is CC[C@H](Oc1ccc(F)cc1)C(=O)N[C@@H]1CC(C)(C)Oc2ccccc21. The summed E-state index contributed by atoms with van der Waals surface area (Å²) in [6.07, 6.45) is 0.541. The molecule has 1 heterocycles. The van der Waals surface area contributed by atoms with Crippen LogP contribution in [-0.4, -0.2) is 17.6 Å². The Balaban J connectivity index is 1.74. The van der Waals surface area contributed by atoms with Crippen LogP contribution in [0.2, 0.25) is 0 Å². The van der Waals surface area contributed by atoms with E-state index < -0.39 is 6.10 Å². The number of para-hydroxylation sites is 1. The third kappa shape index (κ3) is 4.15. The predicted molar refractivity (Wildman–Crippen MR) is 97.8 cm³/mol. The lowest BCUT2D eigenvalue weighted by atomic mass is 9.89. The molecule has 1 aliphatic heterocycles. The van der Waals surface area contributed by atoms with Crippen molar-refractivity contribution in [2.45, 2.75) is 51.4 Å². The highest BCUT2D eigenvalue weighted by molar-refractivity contribution is 5.81. The van der Waals surface area contributed by atoms with Crippen LogP contribution in [-0.2, 0) is 4.79 Å². The van der Waals surface area contributed by atoms with E-state index in [-0.39, 0.29) is 23.4 Å². The Morgan fingerprint density at radius 1 is 1.27 bits per heavy atom. The smallest absolute Gasteiger partial charge is 0.261 e. The molecule has 1 amide bonds. The van der Waals surface area contributed by atoms with Gasteiger partial charge in [0.2, 0.25) is 0 Å². The lowest BCUT2D eigenvalue weighted by molar-refractivity contribution is -0.129. The summed E-state index contributed by atoms with van der Waals surface area (Å²) < 4.78 is 24.8. The first-order chi connectivity index (χ1) is 12.4. The molecule has 1 N–H and O–H groups in total. The molecule has 0 unspecified atom stereocenters. The van der Waals surface area contributed by atoms with Crippen molar-refractivity contribution >= 4 is 5.91 Å². The van der Waals surface area contributed by atoms with E-state index in [2.05, 4.69) is 5.32 Å². The highest BCUT2D eigenvalue weighted by Crippen LogP contribution is 2.39. The number of halogens is 1. The van der Waals surface area contributed by atoms with Crippen LogP contribution in [0.3, 0.4) is 0 Å². The number of nitrogens with one attached hydrogen (secondary N) is 1. The van der Waals surface area contributed by atoms with Crippen molar-refractivity contribution in [2.75, 3.05) is 0 Å². The molecule has 2 atom stereocenters. The van der Waals surface area contributed by atoms with E-state index >= 15 is 0 Å². The minimum absolute atomic E-state index is 0.145. The maximum atomic E-state index is 13.0. The molecule has 0 fully saturated rings. The lowest BCUT2D eigenvalue weighted by Crippen LogP contribution is -2.45. The third-order valence-electron chi connectivity index (χ3n) is 4.45. The van der Waals surface area contributed by atoms with E-state index in [4.69, 9.17) is 9.47 Å². The van der Waals surface area contributed by atoms with Gasteiger partial charge < -0.3 is 14.8 Å². The fourth-order valence-corrected chi connectivity index (χ4v) is 3.20. The van der Waals surface area contributed by atoms with Crippen LogP contribution in [0, 0.1) is 5.82 Å². The van der Waals surface area contributed by atoms with E-state index in [1.54, 1.807) is 0 Å². The molecule has 0 bridgehead atoms. The van der Waals surface area contributed by atoms with E-state index in [0.29, 0.717) is 18.6 Å². The van der Waals surface area contributed by atoms with Crippen LogP contribution in [0.5, 0.6) is 11.5 Å². The summed E-state index contributed by atoms with van der Waals surface area (Å²) in [6, 6.07) is 13.3. The first-order valence-electron chi connectivity index (χ1n) is 8.88. The van der Waals surface area contributed by atoms with Gasteiger partial charge in [-0.15, -0.1) is 0 Å². The molecule has 0 aromatic heterocycles. The molecule has 0 radical (unpaired) electrons. The van der Waals surface area contributed by atoms with Gasteiger partial charge in [-0.2, -0.15) is 0 Å². The van der Waals surface area contributed by atoms with E-state index in [1.165, 1.54) is 24.3 Å². The maximum absolute atomic E-state index is 13.0. The number of carbonyl (C=O) groups excluding carboxylic acids is 1. The normalized spacial score (nSPS) is 19.0. The van der Waals surface area contributed by atoms with E-state index in [0.717, 1.165) is 11.3 Å². The fraction of sp³-hybridized carbons (Fsp3) is 0.381. The van der Waals surface area contributed by atoms with Gasteiger partial charge in [0.05, 0.1) is 6.04 Å². The second-order valence-electron chi connectivity index (χ2n) is 7.13. The summed E-state index contributed by atoms with van der Waals surface area (Å²) in [4.78, 5) is 12.8. The molecular formula is C21H24FNO3. The van der Waals surface area contributed by atoms with Gasteiger partial charge in [-0.05, 0) is 50.6 Å². The average Bonchev–Trinajstić information content (AvgIpc) is 2.60. The van der Waals surface area contributed by atoms with Gasteiger partial charge >= 0.3 is 0 Å². The van der Waals surface area contributed by atoms with Crippen LogP contribution in [0.25, 0.3) is 0 Å². The summed E-state index contributed by atoms with van der Waals surface area (Å²) in [5, 5.41) is 3.10. The van der Waals surface area contributed by atoms with Gasteiger partial charge in [0, 0.05) is 12.0 Å². The Labute approximate surface area is 153 Å². The van der Waals surface area contributed by atoms with Gasteiger partial charge in [0.25, 0.3) is 5.91 Å². The van der Waals surface area contributed by atoms with Crippen LogP contribution >= 0.6 is 0 Å². The molecular weight excluding hydrogens is 333 g/mol. The van der Waals surface area contributed by atoms with Crippen molar-refractivity contribution in [1.29, 1.82) is 0 Å². The van der Waals surface area contributed by atoms with Gasteiger partial charge in [-0.1, -0.05) is 25.1 Å². The largest absolute Gasteiger partial charge is 0.487 e. The Bertz CT molecular complexity index is 773. The molecule has 2 aromatic rings. The van der Waals surface area contributed by atoms with Gasteiger partial charge in [-0.25, -0.2) is 4.39 Å². The van der Waals surface area contributed by atoms with E-state index in [9.17, 15) is 9.18 Å². The zero-order valence-corrected chi connectivity index (χ0v) is 15.3. The molecule has 26 heavy (non-hydrogen) atoms. The summed E-state index contributed by atoms with van der Waals surface area (Å²) in [5.41, 5.74) is 0.600. The van der Waals surface area contributed by atoms with Crippen molar-refractivity contribution < 1.29 is 18.7 Å². The number of hydrogen-bond donors (Lipinski definition) is 1. The second kappa shape index (κ2) is 7.36. The second-order valence-corrected chi connectivity index (χ2v) is 7.13. The molecule has 1 aliphatic rings. The lowest BCUT2D eigenvalue weighted by Gasteiger charge is -2.38. The number of ether oxygens (including phenoxy) is 2. The highest BCUT2D eigenvalue weighted by Gasteiger charge is 2.35. The maximum Gasteiger partial charge on any atom is 0.261 e. The quantitative estimate of drug-likeness (QED) is 0.863. The topological polar surface area (TPSA) is 47.6 Å². The number of fused-ring (bicyclic) bond motifs is 1. The molecule has 3 rings (SSSR count). The monoisotopic (exact) mass is 357 g/mol. The van der Waals surface area contributed by atoms with Gasteiger partial charge in [0.1, 0.15) is 22.9 Å². The summed E-state index contributed by atoms with van der Waals surface area (Å²) in [5.74, 6) is 0.743. The Hall–Kier alpha value is -2.56. The van der Waals surface area contributed by atoms with Gasteiger partial charge in [0.15, 0.2) is 6.10 Å². The third-order valence-corrected chi connectivity index (χ3v) is 4.45. The van der Waals surface area contributed by atoms with Crippen molar-refractivity contribution in [2.24, 2.45) is 0 Å². The molecule has 0 spiro atoms. The molecule has 5 heteroatoms. The number of rotatable bonds is 5. The summed E-state index contributed by atoms with van der Waals surface area (Å²) in [6.45, 7) is 5.90. The number of benzene rings is 2. The Morgan fingerprint density at radius 3 is 2.65 bits per heavy atom. The predicted octanol–water partition coefficient (Wildman–Crippen LogP) is 4.40. The molecule has 138 valence electrons. The van der Waals surface area contributed by atoms with Crippen molar-refractivity contribution in [1.82, 2.24) is 5.32 Å². The Morgan fingerprint density at radius 2 is 1.96 bits per heavy atom. The molecule has 4 nitrogen and oxygen atoms in total. The van der Waals surface area contributed by atoms with Crippen LogP contribution in [0.1, 0.15) is 45.2 Å². The van der Waals surface area contributed by atoms with E-state index in [1.807, 2.05) is 45.0 Å². The van der Waals surface area contributed by atoms with Gasteiger partial charge in [-0.3, -0.25) is 4.79 Å². The van der Waals surface area contributed by atoms with Crippen molar-refractivity contribution in [3.05, 3.63) is 59.9 Å². The van der Waals surface area contributed by atoms with Crippen LogP contribution in [0.4, 0.5) is 4.39 Å². The molecule has 0 saturated heterocycles. The number of carbonyl (C=O) groups is 1. The number of hydrogen-bond acceptors (Lipinski definition) is 3. The zero-order valence-electron chi connectivity index (χ0n) is 15.3.